The number of benzene rings is 1. The SMILES string of the molecule is Cc1ccc([C@@H]2CNC[C@H]2C(=O)OC(C)(C)C)cc1C. The highest BCUT2D eigenvalue weighted by Gasteiger charge is 2.36. The topological polar surface area (TPSA) is 38.3 Å². The minimum absolute atomic E-state index is 0.0867. The molecule has 3 nitrogen and oxygen atoms in total. The molecule has 0 saturated carbocycles. The normalized spacial score (nSPS) is 22.9. The lowest BCUT2D eigenvalue weighted by molar-refractivity contribution is -0.159. The van der Waals surface area contributed by atoms with Gasteiger partial charge in [0.25, 0.3) is 0 Å². The minimum Gasteiger partial charge on any atom is -0.460 e. The highest BCUT2D eigenvalue weighted by molar-refractivity contribution is 5.75. The van der Waals surface area contributed by atoms with Crippen molar-refractivity contribution in [2.45, 2.75) is 46.1 Å². The number of aryl methyl sites for hydroxylation is 2. The maximum absolute atomic E-state index is 12.3. The summed E-state index contributed by atoms with van der Waals surface area (Å²) in [4.78, 5) is 12.3. The first-order valence-corrected chi connectivity index (χ1v) is 7.28. The summed E-state index contributed by atoms with van der Waals surface area (Å²) in [6, 6.07) is 6.47. The van der Waals surface area contributed by atoms with Gasteiger partial charge in [0.05, 0.1) is 5.92 Å². The van der Waals surface area contributed by atoms with Crippen LogP contribution in [0.5, 0.6) is 0 Å². The fourth-order valence-corrected chi connectivity index (χ4v) is 2.65. The van der Waals surface area contributed by atoms with Crippen LogP contribution >= 0.6 is 0 Å². The molecule has 0 aliphatic carbocycles. The molecular formula is C17H25NO2. The summed E-state index contributed by atoms with van der Waals surface area (Å²) in [5.74, 6) is 0.0335. The van der Waals surface area contributed by atoms with Gasteiger partial charge in [0.2, 0.25) is 0 Å². The van der Waals surface area contributed by atoms with Gasteiger partial charge in [0.1, 0.15) is 5.60 Å². The van der Waals surface area contributed by atoms with Crippen molar-refractivity contribution in [3.8, 4) is 0 Å². The van der Waals surface area contributed by atoms with Crippen LogP contribution in [0.1, 0.15) is 43.4 Å². The molecule has 0 spiro atoms. The molecule has 1 saturated heterocycles. The summed E-state index contributed by atoms with van der Waals surface area (Å²) in [6.45, 7) is 11.5. The van der Waals surface area contributed by atoms with Gasteiger partial charge in [-0.1, -0.05) is 18.2 Å². The molecule has 0 aromatic heterocycles. The van der Waals surface area contributed by atoms with E-state index in [0.717, 1.165) is 6.54 Å². The highest BCUT2D eigenvalue weighted by atomic mass is 16.6. The average Bonchev–Trinajstić information content (AvgIpc) is 2.79. The Bertz CT molecular complexity index is 502. The van der Waals surface area contributed by atoms with E-state index in [2.05, 4.69) is 37.4 Å². The van der Waals surface area contributed by atoms with Crippen LogP contribution in [0.15, 0.2) is 18.2 Å². The predicted octanol–water partition coefficient (Wildman–Crippen LogP) is 2.95. The lowest BCUT2D eigenvalue weighted by atomic mass is 9.87. The molecule has 1 aromatic carbocycles. The van der Waals surface area contributed by atoms with Crippen molar-refractivity contribution in [1.82, 2.24) is 5.32 Å². The van der Waals surface area contributed by atoms with Gasteiger partial charge in [-0.3, -0.25) is 4.79 Å². The van der Waals surface area contributed by atoms with Gasteiger partial charge in [-0.2, -0.15) is 0 Å². The molecule has 0 amide bonds. The smallest absolute Gasteiger partial charge is 0.311 e. The number of carbonyl (C=O) groups is 1. The Morgan fingerprint density at radius 2 is 1.90 bits per heavy atom. The first-order chi connectivity index (χ1) is 9.28. The second-order valence-corrected chi connectivity index (χ2v) is 6.75. The van der Waals surface area contributed by atoms with Gasteiger partial charge in [-0.05, 0) is 51.3 Å². The Morgan fingerprint density at radius 3 is 2.50 bits per heavy atom. The molecule has 1 aliphatic heterocycles. The molecule has 110 valence electrons. The van der Waals surface area contributed by atoms with E-state index in [0.29, 0.717) is 6.54 Å². The maximum Gasteiger partial charge on any atom is 0.311 e. The van der Waals surface area contributed by atoms with Crippen LogP contribution in [0.25, 0.3) is 0 Å². The molecule has 1 fully saturated rings. The summed E-state index contributed by atoms with van der Waals surface area (Å²) in [5, 5.41) is 3.32. The number of rotatable bonds is 2. The number of esters is 1. The zero-order valence-electron chi connectivity index (χ0n) is 13.1. The fraction of sp³-hybridized carbons (Fsp3) is 0.588. The van der Waals surface area contributed by atoms with Gasteiger partial charge >= 0.3 is 5.97 Å². The Morgan fingerprint density at radius 1 is 1.20 bits per heavy atom. The lowest BCUT2D eigenvalue weighted by Gasteiger charge is -2.25. The van der Waals surface area contributed by atoms with Crippen molar-refractivity contribution in [2.75, 3.05) is 13.1 Å². The van der Waals surface area contributed by atoms with Crippen LogP contribution < -0.4 is 5.32 Å². The van der Waals surface area contributed by atoms with Crippen LogP contribution in [0.4, 0.5) is 0 Å². The summed E-state index contributed by atoms with van der Waals surface area (Å²) in [6.07, 6.45) is 0. The lowest BCUT2D eigenvalue weighted by Crippen LogP contribution is -2.31. The Kier molecular flexibility index (Phi) is 4.19. The van der Waals surface area contributed by atoms with E-state index in [-0.39, 0.29) is 17.8 Å². The molecule has 1 aromatic rings. The molecule has 1 N–H and O–H groups in total. The summed E-state index contributed by atoms with van der Waals surface area (Å²) < 4.78 is 5.55. The molecule has 20 heavy (non-hydrogen) atoms. The van der Waals surface area contributed by atoms with Crippen LogP contribution in [0.2, 0.25) is 0 Å². The van der Waals surface area contributed by atoms with Crippen molar-refractivity contribution < 1.29 is 9.53 Å². The number of hydrogen-bond donors (Lipinski definition) is 1. The second kappa shape index (κ2) is 5.57. The fourth-order valence-electron chi connectivity index (χ4n) is 2.65. The van der Waals surface area contributed by atoms with Crippen LogP contribution in [0.3, 0.4) is 0 Å². The molecule has 1 aliphatic rings. The predicted molar refractivity (Wildman–Crippen MR) is 80.9 cm³/mol. The van der Waals surface area contributed by atoms with Gasteiger partial charge in [-0.15, -0.1) is 0 Å². The van der Waals surface area contributed by atoms with Gasteiger partial charge in [0, 0.05) is 19.0 Å². The summed E-state index contributed by atoms with van der Waals surface area (Å²) >= 11 is 0. The van der Waals surface area contributed by atoms with Crippen LogP contribution in [-0.2, 0) is 9.53 Å². The standard InChI is InChI=1S/C17H25NO2/c1-11-6-7-13(8-12(11)2)14-9-18-10-15(14)16(19)20-17(3,4)5/h6-8,14-15,18H,9-10H2,1-5H3/t14-,15+/m0/s1. The molecule has 0 radical (unpaired) electrons. The second-order valence-electron chi connectivity index (χ2n) is 6.75. The third-order valence-electron chi connectivity index (χ3n) is 3.88. The van der Waals surface area contributed by atoms with Crippen molar-refractivity contribution >= 4 is 5.97 Å². The zero-order chi connectivity index (χ0) is 14.9. The first kappa shape index (κ1) is 15.0. The van der Waals surface area contributed by atoms with Gasteiger partial charge in [-0.25, -0.2) is 0 Å². The Labute approximate surface area is 121 Å². The quantitative estimate of drug-likeness (QED) is 0.843. The monoisotopic (exact) mass is 275 g/mol. The first-order valence-electron chi connectivity index (χ1n) is 7.28. The van der Waals surface area contributed by atoms with Crippen molar-refractivity contribution in [2.24, 2.45) is 5.92 Å². The highest BCUT2D eigenvalue weighted by Crippen LogP contribution is 2.31. The van der Waals surface area contributed by atoms with E-state index in [1.54, 1.807) is 0 Å². The van der Waals surface area contributed by atoms with E-state index in [4.69, 9.17) is 4.74 Å². The van der Waals surface area contributed by atoms with Crippen LogP contribution in [0, 0.1) is 19.8 Å². The largest absolute Gasteiger partial charge is 0.460 e. The maximum atomic E-state index is 12.3. The van der Waals surface area contributed by atoms with E-state index in [9.17, 15) is 4.79 Å². The van der Waals surface area contributed by atoms with E-state index < -0.39 is 5.60 Å². The molecule has 3 heteroatoms. The molecular weight excluding hydrogens is 250 g/mol. The zero-order valence-corrected chi connectivity index (χ0v) is 13.1. The number of nitrogens with one attached hydrogen (secondary N) is 1. The summed E-state index contributed by atoms with van der Waals surface area (Å²) in [7, 11) is 0. The van der Waals surface area contributed by atoms with Crippen molar-refractivity contribution in [1.29, 1.82) is 0 Å². The molecule has 0 unspecified atom stereocenters. The molecule has 1 heterocycles. The van der Waals surface area contributed by atoms with Gasteiger partial charge < -0.3 is 10.1 Å². The molecule has 2 atom stereocenters. The summed E-state index contributed by atoms with van der Waals surface area (Å²) in [5.41, 5.74) is 3.37. The Hall–Kier alpha value is -1.35. The third kappa shape index (κ3) is 3.40. The third-order valence-corrected chi connectivity index (χ3v) is 3.88. The minimum atomic E-state index is -0.423. The van der Waals surface area contributed by atoms with Gasteiger partial charge in [0.15, 0.2) is 0 Å². The van der Waals surface area contributed by atoms with Crippen molar-refractivity contribution in [3.63, 3.8) is 0 Å². The molecule has 2 rings (SSSR count). The molecule has 0 bridgehead atoms. The van der Waals surface area contributed by atoms with E-state index in [1.807, 2.05) is 20.8 Å². The van der Waals surface area contributed by atoms with E-state index >= 15 is 0 Å². The number of carbonyl (C=O) groups excluding carboxylic acids is 1. The van der Waals surface area contributed by atoms with E-state index in [1.165, 1.54) is 16.7 Å². The van der Waals surface area contributed by atoms with Crippen LogP contribution in [-0.4, -0.2) is 24.7 Å². The number of ether oxygens (including phenoxy) is 1. The number of hydrogen-bond acceptors (Lipinski definition) is 3. The Balaban J connectivity index is 2.18. The average molecular weight is 275 g/mol. The van der Waals surface area contributed by atoms with Crippen molar-refractivity contribution in [3.05, 3.63) is 34.9 Å².